The van der Waals surface area contributed by atoms with Gasteiger partial charge in [-0.15, -0.1) is 0 Å². The molecule has 7 heteroatoms. The number of benzene rings is 2. The molecule has 1 aromatic heterocycles. The molecule has 1 saturated heterocycles. The summed E-state index contributed by atoms with van der Waals surface area (Å²) < 4.78 is 14.2. The van der Waals surface area contributed by atoms with Crippen molar-refractivity contribution in [3.63, 3.8) is 0 Å². The second-order valence-electron chi connectivity index (χ2n) is 10.5. The van der Waals surface area contributed by atoms with Crippen molar-refractivity contribution in [2.24, 2.45) is 15.7 Å². The average molecular weight is 527 g/mol. The minimum absolute atomic E-state index is 0.131. The quantitative estimate of drug-likeness (QED) is 0.253. The van der Waals surface area contributed by atoms with Gasteiger partial charge in [0.25, 0.3) is 0 Å². The summed E-state index contributed by atoms with van der Waals surface area (Å²) in [5.41, 5.74) is 13.3. The second kappa shape index (κ2) is 12.8. The van der Waals surface area contributed by atoms with E-state index < -0.39 is 0 Å². The van der Waals surface area contributed by atoms with Crippen LogP contribution in [0.3, 0.4) is 0 Å². The van der Waals surface area contributed by atoms with Gasteiger partial charge in [0.05, 0.1) is 11.4 Å². The maximum atomic E-state index is 14.2. The number of allylic oxidation sites excluding steroid dienone is 1. The molecule has 39 heavy (non-hydrogen) atoms. The Morgan fingerprint density at radius 3 is 2.74 bits per heavy atom. The summed E-state index contributed by atoms with van der Waals surface area (Å²) in [5.74, 6) is 0.709. The van der Waals surface area contributed by atoms with Gasteiger partial charge < -0.3 is 15.5 Å². The van der Waals surface area contributed by atoms with Crippen LogP contribution in [0.5, 0.6) is 0 Å². The zero-order valence-corrected chi connectivity index (χ0v) is 23.3. The summed E-state index contributed by atoms with van der Waals surface area (Å²) in [7, 11) is 2.06. The smallest absolute Gasteiger partial charge is 0.130 e. The third kappa shape index (κ3) is 7.39. The lowest BCUT2D eigenvalue weighted by Gasteiger charge is -2.25. The Morgan fingerprint density at radius 2 is 2.00 bits per heavy atom. The topological polar surface area (TPSA) is 70.1 Å². The SMILES string of the molecule is C=Nc1ccc(C(N)=NC(=C)C)cc1N(C)CCN1CCC(c2cccc(CCc3ccc(C)cc3F)n2)C1. The highest BCUT2D eigenvalue weighted by molar-refractivity contribution is 5.99. The zero-order chi connectivity index (χ0) is 27.9. The predicted octanol–water partition coefficient (Wildman–Crippen LogP) is 5.81. The number of hydrogen-bond donors (Lipinski definition) is 1. The van der Waals surface area contributed by atoms with E-state index in [1.165, 1.54) is 0 Å². The van der Waals surface area contributed by atoms with E-state index in [1.807, 2.05) is 50.2 Å². The molecule has 1 aliphatic heterocycles. The molecule has 0 aliphatic carbocycles. The number of likely N-dealkylation sites (tertiary alicyclic amines) is 1. The first-order valence-corrected chi connectivity index (χ1v) is 13.5. The Hall–Kier alpha value is -3.84. The minimum atomic E-state index is -0.131. The fourth-order valence-corrected chi connectivity index (χ4v) is 5.06. The van der Waals surface area contributed by atoms with Gasteiger partial charge in [-0.05, 0) is 93.9 Å². The Morgan fingerprint density at radius 1 is 1.18 bits per heavy atom. The third-order valence-corrected chi connectivity index (χ3v) is 7.29. The van der Waals surface area contributed by atoms with Crippen LogP contribution in [-0.2, 0) is 12.8 Å². The fourth-order valence-electron chi connectivity index (χ4n) is 5.06. The molecule has 0 bridgehead atoms. The number of nitrogens with zero attached hydrogens (tertiary/aromatic N) is 5. The first kappa shape index (κ1) is 28.2. The van der Waals surface area contributed by atoms with Crippen molar-refractivity contribution in [3.8, 4) is 0 Å². The van der Waals surface area contributed by atoms with Crippen molar-refractivity contribution in [2.45, 2.75) is 39.0 Å². The normalized spacial score (nSPS) is 15.9. The van der Waals surface area contributed by atoms with E-state index >= 15 is 0 Å². The van der Waals surface area contributed by atoms with E-state index in [0.717, 1.165) is 78.5 Å². The van der Waals surface area contributed by atoms with E-state index in [2.05, 4.69) is 52.3 Å². The molecular weight excluding hydrogens is 487 g/mol. The Labute approximate surface area is 231 Å². The van der Waals surface area contributed by atoms with Crippen molar-refractivity contribution in [1.82, 2.24) is 9.88 Å². The second-order valence-corrected chi connectivity index (χ2v) is 10.5. The van der Waals surface area contributed by atoms with Gasteiger partial charge in [-0.3, -0.25) is 9.98 Å². The lowest BCUT2D eigenvalue weighted by molar-refractivity contribution is 0.341. The van der Waals surface area contributed by atoms with Crippen molar-refractivity contribution in [3.05, 3.63) is 101 Å². The molecule has 2 N–H and O–H groups in total. The number of aryl methyl sites for hydroxylation is 3. The van der Waals surface area contributed by atoms with E-state index in [-0.39, 0.29) is 5.82 Å². The Kier molecular flexibility index (Phi) is 9.25. The summed E-state index contributed by atoms with van der Waals surface area (Å²) in [6.45, 7) is 15.1. The van der Waals surface area contributed by atoms with Crippen molar-refractivity contribution in [1.29, 1.82) is 0 Å². The number of amidine groups is 1. The molecule has 0 saturated carbocycles. The van der Waals surface area contributed by atoms with Gasteiger partial charge in [0.2, 0.25) is 0 Å². The molecule has 4 rings (SSSR count). The van der Waals surface area contributed by atoms with Gasteiger partial charge in [0, 0.05) is 55.2 Å². The van der Waals surface area contributed by atoms with E-state index in [0.29, 0.717) is 23.9 Å². The number of anilines is 1. The summed E-state index contributed by atoms with van der Waals surface area (Å²) in [6.07, 6.45) is 2.46. The highest BCUT2D eigenvalue weighted by atomic mass is 19.1. The molecule has 1 unspecified atom stereocenters. The minimum Gasteiger partial charge on any atom is -0.383 e. The monoisotopic (exact) mass is 526 g/mol. The Balaban J connectivity index is 1.34. The standard InChI is InChI=1S/C32H39FN6/c1-22(2)36-32(34)25-12-14-30(35-4)31(20-25)38(5)17-18-39-16-15-26(21-39)29-8-6-7-27(37-29)13-11-24-10-9-23(3)19-28(24)33/h6-10,12,14,19-20,26H,1,4,11,13,15-18,21H2,2-3,5H3,(H2,34,36). The molecular formula is C32H39FN6. The molecule has 1 fully saturated rings. The highest BCUT2D eigenvalue weighted by Crippen LogP contribution is 2.30. The van der Waals surface area contributed by atoms with Crippen molar-refractivity contribution in [2.75, 3.05) is 38.1 Å². The van der Waals surface area contributed by atoms with Crippen LogP contribution in [0.2, 0.25) is 0 Å². The first-order chi connectivity index (χ1) is 18.7. The summed E-state index contributed by atoms with van der Waals surface area (Å²) in [6, 6.07) is 17.5. The molecule has 204 valence electrons. The molecule has 2 aromatic carbocycles. The average Bonchev–Trinajstić information content (AvgIpc) is 3.40. The van der Waals surface area contributed by atoms with Crippen LogP contribution >= 0.6 is 0 Å². The lowest BCUT2D eigenvalue weighted by atomic mass is 10.0. The molecule has 2 heterocycles. The van der Waals surface area contributed by atoms with Gasteiger partial charge in [0.1, 0.15) is 11.7 Å². The maximum Gasteiger partial charge on any atom is 0.130 e. The summed E-state index contributed by atoms with van der Waals surface area (Å²) >= 11 is 0. The van der Waals surface area contributed by atoms with Crippen molar-refractivity contribution < 1.29 is 4.39 Å². The van der Waals surface area contributed by atoms with Crippen LogP contribution in [0.15, 0.2) is 76.9 Å². The number of aliphatic imine (C=N–C) groups is 2. The number of aromatic nitrogens is 1. The fraction of sp³-hybridized carbons (Fsp3) is 0.344. The zero-order valence-electron chi connectivity index (χ0n) is 23.3. The van der Waals surface area contributed by atoms with Crippen LogP contribution in [0.25, 0.3) is 0 Å². The van der Waals surface area contributed by atoms with Crippen LogP contribution in [0, 0.1) is 12.7 Å². The largest absolute Gasteiger partial charge is 0.383 e. The van der Waals surface area contributed by atoms with Crippen molar-refractivity contribution >= 4 is 23.9 Å². The van der Waals surface area contributed by atoms with Crippen LogP contribution < -0.4 is 10.6 Å². The van der Waals surface area contributed by atoms with E-state index in [9.17, 15) is 4.39 Å². The van der Waals surface area contributed by atoms with Gasteiger partial charge in [-0.2, -0.15) is 0 Å². The summed E-state index contributed by atoms with van der Waals surface area (Å²) in [4.78, 5) is 18.1. The molecule has 0 spiro atoms. The summed E-state index contributed by atoms with van der Waals surface area (Å²) in [5, 5.41) is 0. The van der Waals surface area contributed by atoms with E-state index in [4.69, 9.17) is 10.7 Å². The molecule has 3 aromatic rings. The molecule has 0 radical (unpaired) electrons. The Bertz CT molecular complexity index is 1360. The third-order valence-electron chi connectivity index (χ3n) is 7.29. The van der Waals surface area contributed by atoms with Gasteiger partial charge in [-0.25, -0.2) is 9.38 Å². The van der Waals surface area contributed by atoms with Gasteiger partial charge in [0.15, 0.2) is 0 Å². The number of nitrogens with two attached hydrogens (primary N) is 1. The molecule has 1 aliphatic rings. The molecule has 6 nitrogen and oxygen atoms in total. The number of hydrogen-bond acceptors (Lipinski definition) is 5. The van der Waals surface area contributed by atoms with Crippen LogP contribution in [0.1, 0.15) is 47.3 Å². The van der Waals surface area contributed by atoms with Gasteiger partial charge in [-0.1, -0.05) is 24.8 Å². The van der Waals surface area contributed by atoms with Gasteiger partial charge >= 0.3 is 0 Å². The highest BCUT2D eigenvalue weighted by Gasteiger charge is 2.25. The maximum absolute atomic E-state index is 14.2. The van der Waals surface area contributed by atoms with E-state index in [1.54, 1.807) is 6.07 Å². The first-order valence-electron chi connectivity index (χ1n) is 13.5. The number of pyridine rings is 1. The molecule has 1 atom stereocenters. The van der Waals surface area contributed by atoms with Crippen LogP contribution in [-0.4, -0.2) is 55.7 Å². The number of likely N-dealkylation sites (N-methyl/N-ethyl adjacent to an activating group) is 1. The molecule has 0 amide bonds. The predicted molar refractivity (Wildman–Crippen MR) is 161 cm³/mol. The number of halogens is 1. The lowest BCUT2D eigenvalue weighted by Crippen LogP contribution is -2.32. The number of rotatable bonds is 11. The van der Waals surface area contributed by atoms with Crippen LogP contribution in [0.4, 0.5) is 15.8 Å².